The molecule has 0 aliphatic rings. The molecule has 0 spiro atoms. The van der Waals surface area contributed by atoms with Crippen LogP contribution in [0.15, 0.2) is 24.3 Å². The second kappa shape index (κ2) is 6.12. The fraction of sp³-hybridized carbons (Fsp3) is 0.417. The summed E-state index contributed by atoms with van der Waals surface area (Å²) in [5.41, 5.74) is 0.963. The van der Waals surface area contributed by atoms with E-state index < -0.39 is 12.1 Å². The van der Waals surface area contributed by atoms with Crippen LogP contribution in [0.25, 0.3) is 0 Å². The SMILES string of the molecule is CCC(Oc1ccccc1CNC)C(=O)O. The third kappa shape index (κ3) is 3.24. The highest BCUT2D eigenvalue weighted by atomic mass is 16.5. The van der Waals surface area contributed by atoms with Crippen LogP contribution in [0.3, 0.4) is 0 Å². The summed E-state index contributed by atoms with van der Waals surface area (Å²) in [5.74, 6) is -0.298. The van der Waals surface area contributed by atoms with Crippen LogP contribution < -0.4 is 10.1 Å². The number of carbonyl (C=O) groups is 1. The van der Waals surface area contributed by atoms with E-state index in [1.165, 1.54) is 0 Å². The van der Waals surface area contributed by atoms with Gasteiger partial charge in [-0.25, -0.2) is 4.79 Å². The summed E-state index contributed by atoms with van der Waals surface area (Å²) in [4.78, 5) is 10.9. The van der Waals surface area contributed by atoms with E-state index in [1.807, 2.05) is 25.2 Å². The highest BCUT2D eigenvalue weighted by Gasteiger charge is 2.17. The molecule has 4 nitrogen and oxygen atoms in total. The summed E-state index contributed by atoms with van der Waals surface area (Å²) in [6.07, 6.45) is -0.332. The van der Waals surface area contributed by atoms with Crippen LogP contribution in [0.2, 0.25) is 0 Å². The van der Waals surface area contributed by atoms with E-state index in [9.17, 15) is 4.79 Å². The number of aliphatic carboxylic acids is 1. The maximum absolute atomic E-state index is 10.9. The first-order valence-corrected chi connectivity index (χ1v) is 5.31. The number of para-hydroxylation sites is 1. The second-order valence-corrected chi connectivity index (χ2v) is 3.49. The molecule has 0 radical (unpaired) electrons. The zero-order chi connectivity index (χ0) is 12.0. The van der Waals surface area contributed by atoms with Crippen molar-refractivity contribution >= 4 is 5.97 Å². The maximum atomic E-state index is 10.9. The molecule has 0 bridgehead atoms. The Morgan fingerprint density at radius 1 is 1.50 bits per heavy atom. The van der Waals surface area contributed by atoms with Crippen molar-refractivity contribution in [3.8, 4) is 5.75 Å². The average Bonchev–Trinajstić information content (AvgIpc) is 2.27. The van der Waals surface area contributed by atoms with E-state index in [4.69, 9.17) is 9.84 Å². The molecule has 0 aromatic heterocycles. The molecule has 1 unspecified atom stereocenters. The minimum atomic E-state index is -0.929. The fourth-order valence-electron chi connectivity index (χ4n) is 1.42. The van der Waals surface area contributed by atoms with Crippen LogP contribution in [-0.2, 0) is 11.3 Å². The third-order valence-electron chi connectivity index (χ3n) is 2.26. The maximum Gasteiger partial charge on any atom is 0.344 e. The van der Waals surface area contributed by atoms with Crippen LogP contribution in [-0.4, -0.2) is 24.2 Å². The Balaban J connectivity index is 2.82. The van der Waals surface area contributed by atoms with Gasteiger partial charge < -0.3 is 15.2 Å². The van der Waals surface area contributed by atoms with Crippen LogP contribution in [0, 0.1) is 0 Å². The van der Waals surface area contributed by atoms with Crippen LogP contribution in [0.5, 0.6) is 5.75 Å². The van der Waals surface area contributed by atoms with Gasteiger partial charge in [0.25, 0.3) is 0 Å². The number of hydrogen-bond donors (Lipinski definition) is 2. The molecule has 4 heteroatoms. The number of carboxylic acids is 1. The summed E-state index contributed by atoms with van der Waals surface area (Å²) in [6.45, 7) is 2.45. The Bertz CT molecular complexity index is 352. The Hall–Kier alpha value is -1.55. The van der Waals surface area contributed by atoms with E-state index in [1.54, 1.807) is 13.0 Å². The van der Waals surface area contributed by atoms with Gasteiger partial charge in [-0.05, 0) is 19.5 Å². The van der Waals surface area contributed by atoms with Crippen molar-refractivity contribution in [3.05, 3.63) is 29.8 Å². The minimum absolute atomic E-state index is 0.448. The van der Waals surface area contributed by atoms with Gasteiger partial charge >= 0.3 is 5.97 Å². The number of rotatable bonds is 6. The Labute approximate surface area is 95.2 Å². The first-order valence-electron chi connectivity index (χ1n) is 5.31. The lowest BCUT2D eigenvalue weighted by Gasteiger charge is -2.16. The normalized spacial score (nSPS) is 12.1. The number of carboxylic acid groups (broad SMARTS) is 1. The zero-order valence-electron chi connectivity index (χ0n) is 9.56. The predicted molar refractivity (Wildman–Crippen MR) is 61.5 cm³/mol. The van der Waals surface area contributed by atoms with Gasteiger partial charge in [0.05, 0.1) is 0 Å². The van der Waals surface area contributed by atoms with Crippen molar-refractivity contribution < 1.29 is 14.6 Å². The molecule has 1 aromatic carbocycles. The van der Waals surface area contributed by atoms with E-state index in [0.29, 0.717) is 18.7 Å². The lowest BCUT2D eigenvalue weighted by Crippen LogP contribution is -2.26. The average molecular weight is 223 g/mol. The van der Waals surface area contributed by atoms with Gasteiger partial charge in [-0.1, -0.05) is 25.1 Å². The molecule has 1 atom stereocenters. The summed E-state index contributed by atoms with van der Waals surface area (Å²) in [6, 6.07) is 7.45. The second-order valence-electron chi connectivity index (χ2n) is 3.49. The molecular formula is C12H17NO3. The number of benzene rings is 1. The van der Waals surface area contributed by atoms with Crippen LogP contribution in [0.1, 0.15) is 18.9 Å². The molecule has 0 saturated heterocycles. The molecule has 16 heavy (non-hydrogen) atoms. The van der Waals surface area contributed by atoms with E-state index >= 15 is 0 Å². The Kier molecular flexibility index (Phi) is 4.79. The summed E-state index contributed by atoms with van der Waals surface area (Å²) in [7, 11) is 1.84. The van der Waals surface area contributed by atoms with Gasteiger partial charge in [0, 0.05) is 12.1 Å². The smallest absolute Gasteiger partial charge is 0.344 e. The van der Waals surface area contributed by atoms with E-state index in [-0.39, 0.29) is 0 Å². The highest BCUT2D eigenvalue weighted by Crippen LogP contribution is 2.19. The molecule has 0 amide bonds. The molecule has 0 saturated carbocycles. The largest absolute Gasteiger partial charge is 0.479 e. The van der Waals surface area contributed by atoms with E-state index in [0.717, 1.165) is 5.56 Å². The third-order valence-corrected chi connectivity index (χ3v) is 2.26. The number of nitrogens with one attached hydrogen (secondary N) is 1. The molecule has 0 heterocycles. The van der Waals surface area contributed by atoms with Crippen LogP contribution in [0.4, 0.5) is 0 Å². The van der Waals surface area contributed by atoms with Crippen molar-refractivity contribution in [3.63, 3.8) is 0 Å². The molecule has 2 N–H and O–H groups in total. The monoisotopic (exact) mass is 223 g/mol. The van der Waals surface area contributed by atoms with Gasteiger partial charge in [-0.2, -0.15) is 0 Å². The van der Waals surface area contributed by atoms with Gasteiger partial charge in [0.1, 0.15) is 5.75 Å². The standard InChI is InChI=1S/C12H17NO3/c1-3-10(12(14)15)16-11-7-5-4-6-9(11)8-13-2/h4-7,10,13H,3,8H2,1-2H3,(H,14,15). The quantitative estimate of drug-likeness (QED) is 0.769. The number of hydrogen-bond acceptors (Lipinski definition) is 3. The van der Waals surface area contributed by atoms with Crippen molar-refractivity contribution in [2.75, 3.05) is 7.05 Å². The topological polar surface area (TPSA) is 58.6 Å². The van der Waals surface area contributed by atoms with E-state index in [2.05, 4.69) is 5.32 Å². The summed E-state index contributed by atoms with van der Waals surface area (Å²) < 4.78 is 5.47. The van der Waals surface area contributed by atoms with Crippen molar-refractivity contribution in [2.45, 2.75) is 26.0 Å². The van der Waals surface area contributed by atoms with Crippen molar-refractivity contribution in [2.24, 2.45) is 0 Å². The lowest BCUT2D eigenvalue weighted by atomic mass is 10.2. The first kappa shape index (κ1) is 12.5. The molecular weight excluding hydrogens is 206 g/mol. The number of ether oxygens (including phenoxy) is 1. The predicted octanol–water partition coefficient (Wildman–Crippen LogP) is 1.65. The lowest BCUT2D eigenvalue weighted by molar-refractivity contribution is -0.145. The summed E-state index contributed by atoms with van der Waals surface area (Å²) >= 11 is 0. The highest BCUT2D eigenvalue weighted by molar-refractivity contribution is 5.72. The molecule has 0 fully saturated rings. The van der Waals surface area contributed by atoms with Crippen molar-refractivity contribution in [1.82, 2.24) is 5.32 Å². The molecule has 88 valence electrons. The van der Waals surface area contributed by atoms with Gasteiger partial charge in [-0.15, -0.1) is 0 Å². The zero-order valence-corrected chi connectivity index (χ0v) is 9.56. The summed E-state index contributed by atoms with van der Waals surface area (Å²) in [5, 5.41) is 11.9. The molecule has 0 aliphatic heterocycles. The minimum Gasteiger partial charge on any atom is -0.479 e. The van der Waals surface area contributed by atoms with Crippen molar-refractivity contribution in [1.29, 1.82) is 0 Å². The molecule has 0 aliphatic carbocycles. The Morgan fingerprint density at radius 2 is 2.19 bits per heavy atom. The van der Waals surface area contributed by atoms with Crippen LogP contribution >= 0.6 is 0 Å². The Morgan fingerprint density at radius 3 is 2.75 bits per heavy atom. The van der Waals surface area contributed by atoms with Gasteiger partial charge in [0.15, 0.2) is 6.10 Å². The van der Waals surface area contributed by atoms with Gasteiger partial charge in [-0.3, -0.25) is 0 Å². The van der Waals surface area contributed by atoms with Gasteiger partial charge in [0.2, 0.25) is 0 Å². The first-order chi connectivity index (χ1) is 7.69. The fourth-order valence-corrected chi connectivity index (χ4v) is 1.42. The molecule has 1 rings (SSSR count). The molecule has 1 aromatic rings.